The molecule has 15 heteroatoms. The molecule has 3 aromatic rings. The first-order valence-electron chi connectivity index (χ1n) is 12.5. The number of ether oxygens (including phenoxy) is 2. The van der Waals surface area contributed by atoms with Gasteiger partial charge in [-0.25, -0.2) is 0 Å². The van der Waals surface area contributed by atoms with Crippen LogP contribution in [0.3, 0.4) is 0 Å². The fourth-order valence-corrected chi connectivity index (χ4v) is 5.56. The highest BCUT2D eigenvalue weighted by atomic mass is 32.2. The summed E-state index contributed by atoms with van der Waals surface area (Å²) in [5.41, 5.74) is -2.06. The molecule has 1 fully saturated rings. The summed E-state index contributed by atoms with van der Waals surface area (Å²) in [6.45, 7) is 0.802. The number of rotatable bonds is 5. The van der Waals surface area contributed by atoms with Crippen molar-refractivity contribution in [2.45, 2.75) is 31.4 Å². The standard InChI is InChI=1S/C27H22F6N4O4S/c1-40-23(38)11-19-14-36(6-7-41-19)25-35-24(39)22(42-25)9-15-2-5-21-17(8-15)12-34-37(21)13-16-3-4-18(26(28,29)30)10-20(16)27(31,32)33/h2-5,8-10,12,19H,6-7,11,13-14H2,1H3/t19-/m0/s1. The van der Waals surface area contributed by atoms with E-state index in [1.807, 2.05) is 4.90 Å². The maximum Gasteiger partial charge on any atom is 0.416 e. The predicted octanol–water partition coefficient (Wildman–Crippen LogP) is 5.36. The summed E-state index contributed by atoms with van der Waals surface area (Å²) in [7, 11) is 1.29. The zero-order valence-corrected chi connectivity index (χ0v) is 22.6. The minimum Gasteiger partial charge on any atom is -0.469 e. The van der Waals surface area contributed by atoms with Gasteiger partial charge in [-0.3, -0.25) is 14.3 Å². The second kappa shape index (κ2) is 11.4. The summed E-state index contributed by atoms with van der Waals surface area (Å²) in [4.78, 5) is 30.6. The molecule has 2 aromatic carbocycles. The van der Waals surface area contributed by atoms with E-state index in [1.165, 1.54) is 29.8 Å². The van der Waals surface area contributed by atoms with Gasteiger partial charge in [-0.2, -0.15) is 36.4 Å². The molecule has 0 aliphatic carbocycles. The first kappa shape index (κ1) is 29.6. The Morgan fingerprint density at radius 3 is 2.64 bits per heavy atom. The highest BCUT2D eigenvalue weighted by Crippen LogP contribution is 2.38. The van der Waals surface area contributed by atoms with Gasteiger partial charge in [0, 0.05) is 18.5 Å². The Balaban J connectivity index is 1.32. The number of aliphatic imine (C=N–C) groups is 1. The van der Waals surface area contributed by atoms with Gasteiger partial charge < -0.3 is 14.4 Å². The molecule has 1 atom stereocenters. The van der Waals surface area contributed by atoms with Crippen molar-refractivity contribution in [3.8, 4) is 0 Å². The maximum absolute atomic E-state index is 13.6. The molecular weight excluding hydrogens is 590 g/mol. The molecule has 3 heterocycles. The molecule has 0 radical (unpaired) electrons. The zero-order valence-electron chi connectivity index (χ0n) is 21.8. The van der Waals surface area contributed by atoms with Gasteiger partial charge in [0.15, 0.2) is 5.17 Å². The number of aromatic nitrogens is 2. The number of nitrogens with zero attached hydrogens (tertiary/aromatic N) is 4. The molecule has 2 aliphatic rings. The van der Waals surface area contributed by atoms with Crippen LogP contribution in [0.15, 0.2) is 52.5 Å². The smallest absolute Gasteiger partial charge is 0.416 e. The summed E-state index contributed by atoms with van der Waals surface area (Å²) in [5, 5.41) is 5.18. The van der Waals surface area contributed by atoms with Crippen LogP contribution >= 0.6 is 11.8 Å². The van der Waals surface area contributed by atoms with E-state index in [9.17, 15) is 35.9 Å². The third-order valence-electron chi connectivity index (χ3n) is 6.67. The van der Waals surface area contributed by atoms with Crippen molar-refractivity contribution in [1.82, 2.24) is 14.7 Å². The lowest BCUT2D eigenvalue weighted by molar-refractivity contribution is -0.145. The average molecular weight is 613 g/mol. The minimum atomic E-state index is -4.99. The molecule has 42 heavy (non-hydrogen) atoms. The van der Waals surface area contributed by atoms with Crippen molar-refractivity contribution in [3.05, 3.63) is 69.8 Å². The van der Waals surface area contributed by atoms with Crippen LogP contribution in [0.2, 0.25) is 0 Å². The lowest BCUT2D eigenvalue weighted by Crippen LogP contribution is -2.45. The number of amidine groups is 1. The fraction of sp³-hybridized carbons (Fsp3) is 0.333. The first-order chi connectivity index (χ1) is 19.8. The van der Waals surface area contributed by atoms with E-state index < -0.39 is 48.0 Å². The van der Waals surface area contributed by atoms with Crippen molar-refractivity contribution in [2.75, 3.05) is 26.8 Å². The van der Waals surface area contributed by atoms with Gasteiger partial charge in [-0.05, 0) is 53.2 Å². The van der Waals surface area contributed by atoms with Crippen molar-refractivity contribution in [1.29, 1.82) is 0 Å². The number of alkyl halides is 6. The van der Waals surface area contributed by atoms with Crippen molar-refractivity contribution < 1.29 is 45.4 Å². The third kappa shape index (κ3) is 6.46. The van der Waals surface area contributed by atoms with Crippen molar-refractivity contribution in [2.24, 2.45) is 4.99 Å². The van der Waals surface area contributed by atoms with Crippen LogP contribution in [0.4, 0.5) is 26.3 Å². The number of hydrogen-bond acceptors (Lipinski definition) is 7. The van der Waals surface area contributed by atoms with Gasteiger partial charge in [0.05, 0.1) is 60.5 Å². The van der Waals surface area contributed by atoms with Gasteiger partial charge in [0.1, 0.15) is 0 Å². The van der Waals surface area contributed by atoms with Crippen LogP contribution in [-0.2, 0) is 38.0 Å². The maximum atomic E-state index is 13.6. The Kier molecular flexibility index (Phi) is 8.07. The first-order valence-corrected chi connectivity index (χ1v) is 13.3. The van der Waals surface area contributed by atoms with Crippen LogP contribution in [0.1, 0.15) is 28.7 Å². The lowest BCUT2D eigenvalue weighted by Gasteiger charge is -2.33. The summed E-state index contributed by atoms with van der Waals surface area (Å²) in [6.07, 6.45) is -7.17. The Bertz CT molecular complexity index is 1600. The van der Waals surface area contributed by atoms with Crippen LogP contribution in [-0.4, -0.2) is 64.6 Å². The quantitative estimate of drug-likeness (QED) is 0.218. The van der Waals surface area contributed by atoms with Crippen LogP contribution in [0.25, 0.3) is 17.0 Å². The molecule has 8 nitrogen and oxygen atoms in total. The molecule has 1 saturated heterocycles. The molecule has 1 aromatic heterocycles. The minimum absolute atomic E-state index is 0.0751. The number of morpholine rings is 1. The number of benzene rings is 2. The van der Waals surface area contributed by atoms with E-state index in [1.54, 1.807) is 24.3 Å². The molecule has 0 bridgehead atoms. The number of carbonyl (C=O) groups excluding carboxylic acids is 2. The van der Waals surface area contributed by atoms with E-state index in [0.717, 1.165) is 6.07 Å². The van der Waals surface area contributed by atoms with Gasteiger partial charge >= 0.3 is 18.3 Å². The Labute approximate surface area is 239 Å². The molecule has 0 saturated carbocycles. The Hall–Kier alpha value is -3.85. The zero-order chi connectivity index (χ0) is 30.2. The number of hydrogen-bond donors (Lipinski definition) is 0. The normalized spacial score (nSPS) is 19.1. The fourth-order valence-electron chi connectivity index (χ4n) is 4.61. The Morgan fingerprint density at radius 2 is 1.93 bits per heavy atom. The monoisotopic (exact) mass is 612 g/mol. The molecule has 0 unspecified atom stereocenters. The highest BCUT2D eigenvalue weighted by Gasteiger charge is 2.38. The summed E-state index contributed by atoms with van der Waals surface area (Å²) in [5.74, 6) is -0.845. The molecule has 0 N–H and O–H groups in total. The number of esters is 1. The molecule has 5 rings (SSSR count). The molecule has 2 aliphatic heterocycles. The van der Waals surface area contributed by atoms with Gasteiger partial charge in [0.25, 0.3) is 5.91 Å². The third-order valence-corrected chi connectivity index (χ3v) is 7.71. The second-order valence-corrected chi connectivity index (χ2v) is 10.5. The van der Waals surface area contributed by atoms with Crippen LogP contribution < -0.4 is 0 Å². The number of thioether (sulfide) groups is 1. The summed E-state index contributed by atoms with van der Waals surface area (Å²) >= 11 is 1.17. The van der Waals surface area contributed by atoms with E-state index in [2.05, 4.69) is 14.8 Å². The average Bonchev–Trinajstić information content (AvgIpc) is 3.50. The number of methoxy groups -OCH3 is 1. The number of halogens is 6. The Morgan fingerprint density at radius 1 is 1.14 bits per heavy atom. The van der Waals surface area contributed by atoms with Gasteiger partial charge in [-0.1, -0.05) is 12.1 Å². The molecular formula is C27H22F6N4O4S. The molecule has 222 valence electrons. The van der Waals surface area contributed by atoms with Crippen molar-refractivity contribution in [3.63, 3.8) is 0 Å². The van der Waals surface area contributed by atoms with Crippen molar-refractivity contribution >= 4 is 45.8 Å². The predicted molar refractivity (Wildman–Crippen MR) is 141 cm³/mol. The summed E-state index contributed by atoms with van der Waals surface area (Å²) < 4.78 is 91.4. The molecule has 1 amide bonds. The SMILES string of the molecule is COC(=O)C[C@H]1CN(C2=NC(=O)C(=Cc3ccc4c(cnn4Cc4ccc(C(F)(F)F)cc4C(F)(F)F)c3)S2)CCO1. The topological polar surface area (TPSA) is 86.0 Å². The lowest BCUT2D eigenvalue weighted by atomic mass is 10.0. The highest BCUT2D eigenvalue weighted by molar-refractivity contribution is 8.18. The second-order valence-electron chi connectivity index (χ2n) is 9.52. The van der Waals surface area contributed by atoms with Gasteiger partial charge in [-0.15, -0.1) is 0 Å². The van der Waals surface area contributed by atoms with E-state index in [-0.39, 0.29) is 18.1 Å². The number of amides is 1. The summed E-state index contributed by atoms with van der Waals surface area (Å²) in [6, 6.07) is 6.48. The van der Waals surface area contributed by atoms with Crippen LogP contribution in [0.5, 0.6) is 0 Å². The van der Waals surface area contributed by atoms with Crippen LogP contribution in [0, 0.1) is 0 Å². The van der Waals surface area contributed by atoms with E-state index >= 15 is 0 Å². The molecule has 0 spiro atoms. The number of fused-ring (bicyclic) bond motifs is 1. The van der Waals surface area contributed by atoms with Gasteiger partial charge in [0.2, 0.25) is 0 Å². The van der Waals surface area contributed by atoms with E-state index in [0.29, 0.717) is 52.3 Å². The largest absolute Gasteiger partial charge is 0.469 e. The van der Waals surface area contributed by atoms with E-state index in [4.69, 9.17) is 4.74 Å². The number of carbonyl (C=O) groups is 2.